The van der Waals surface area contributed by atoms with Gasteiger partial charge in [-0.25, -0.2) is 0 Å². The lowest BCUT2D eigenvalue weighted by atomic mass is 9.53. The number of hydrogen-bond donors (Lipinski definition) is 4. The van der Waals surface area contributed by atoms with Crippen molar-refractivity contribution in [3.05, 3.63) is 22.8 Å². The molecule has 0 aliphatic heterocycles. The van der Waals surface area contributed by atoms with Crippen LogP contribution in [0.3, 0.4) is 0 Å². The van der Waals surface area contributed by atoms with Crippen LogP contribution >= 0.6 is 0 Å². The third-order valence-corrected chi connectivity index (χ3v) is 7.47. The first kappa shape index (κ1) is 24.5. The molecule has 4 rings (SSSR count). The smallest absolute Gasteiger partial charge is 0.235 e. The van der Waals surface area contributed by atoms with E-state index in [1.165, 1.54) is 6.92 Å². The molecule has 0 radical (unpaired) electrons. The minimum atomic E-state index is -2.68. The van der Waals surface area contributed by atoms with Crippen molar-refractivity contribution in [1.29, 1.82) is 0 Å². The number of carbonyl (C=O) groups excluding carboxylic acids is 6. The number of nitrogens with two attached hydrogens (primary N) is 1. The zero-order valence-corrected chi connectivity index (χ0v) is 19.6. The van der Waals surface area contributed by atoms with E-state index < -0.39 is 58.3 Å². The van der Waals surface area contributed by atoms with Crippen molar-refractivity contribution in [2.45, 2.75) is 38.3 Å². The van der Waals surface area contributed by atoms with Crippen LogP contribution in [0.4, 0.5) is 5.69 Å². The van der Waals surface area contributed by atoms with Crippen LogP contribution in [0.5, 0.6) is 5.75 Å². The number of primary amides is 1. The van der Waals surface area contributed by atoms with Crippen LogP contribution in [0.25, 0.3) is 0 Å². The van der Waals surface area contributed by atoms with Crippen LogP contribution in [0.1, 0.15) is 41.3 Å². The summed E-state index contributed by atoms with van der Waals surface area (Å²) in [7, 11) is 3.50. The van der Waals surface area contributed by atoms with Gasteiger partial charge in [-0.15, -0.1) is 0 Å². The number of rotatable bonds is 4. The molecule has 2 fully saturated rings. The number of ketones is 4. The molecule has 1 aromatic rings. The maximum absolute atomic E-state index is 13.7. The van der Waals surface area contributed by atoms with Gasteiger partial charge in [-0.05, 0) is 30.4 Å². The van der Waals surface area contributed by atoms with Crippen LogP contribution in [0.2, 0.25) is 0 Å². The summed E-state index contributed by atoms with van der Waals surface area (Å²) in [5.74, 6) is -10.9. The fourth-order valence-electron chi connectivity index (χ4n) is 5.82. The molecule has 0 spiro atoms. The quantitative estimate of drug-likeness (QED) is 0.390. The number of anilines is 1. The van der Waals surface area contributed by atoms with Gasteiger partial charge in [0.15, 0.2) is 34.7 Å². The second-order valence-corrected chi connectivity index (χ2v) is 9.80. The van der Waals surface area contributed by atoms with E-state index in [0.717, 1.165) is 0 Å². The molecule has 3 aliphatic rings. The SMILES string of the molecule is CC(=O)NCc1cc(N(C)C)c2c(c1O)C(=O)C1C(=O)[C@]3(O)C(=O)C(C(N)=O)C(=O)C[C@@H]3C[C@@H]1C2. The van der Waals surface area contributed by atoms with Gasteiger partial charge in [0.2, 0.25) is 11.8 Å². The van der Waals surface area contributed by atoms with Crippen molar-refractivity contribution in [1.82, 2.24) is 5.32 Å². The molecule has 0 saturated heterocycles. The van der Waals surface area contributed by atoms with Gasteiger partial charge < -0.3 is 26.2 Å². The van der Waals surface area contributed by atoms with Gasteiger partial charge in [0.1, 0.15) is 5.75 Å². The highest BCUT2D eigenvalue weighted by Crippen LogP contribution is 2.51. The predicted molar refractivity (Wildman–Crippen MR) is 120 cm³/mol. The summed E-state index contributed by atoms with van der Waals surface area (Å²) in [6.45, 7) is 1.25. The van der Waals surface area contributed by atoms with Crippen molar-refractivity contribution >= 4 is 40.6 Å². The number of Topliss-reactive ketones (excluding diaryl/α,β-unsaturated/α-hetero) is 4. The van der Waals surface area contributed by atoms with Gasteiger partial charge in [-0.3, -0.25) is 28.8 Å². The first-order valence-corrected chi connectivity index (χ1v) is 11.3. The Bertz CT molecular complexity index is 1210. The summed E-state index contributed by atoms with van der Waals surface area (Å²) in [6.07, 6.45) is -0.164. The van der Waals surface area contributed by atoms with Crippen molar-refractivity contribution in [2.75, 3.05) is 19.0 Å². The minimum absolute atomic E-state index is 0.0301. The normalized spacial score (nSPS) is 29.7. The standard InChI is InChI=1S/C24H27N3O8/c1-9(28)26-8-11-6-14(27(2)3)13-5-10-4-12-7-15(29)18(23(25)34)22(33)24(12,35)21(32)16(10)20(31)17(13)19(11)30/h6,10,12,16,18,30,35H,4-5,7-8H2,1-3H3,(H2,25,34)(H,26,28)/t10-,12+,16?,18?,24+/m1/s1. The van der Waals surface area contributed by atoms with E-state index in [4.69, 9.17) is 5.73 Å². The van der Waals surface area contributed by atoms with E-state index in [0.29, 0.717) is 11.3 Å². The van der Waals surface area contributed by atoms with Gasteiger partial charge in [0.05, 0.1) is 11.5 Å². The Balaban J connectivity index is 1.83. The molecular formula is C24H27N3O8. The number of nitrogens with one attached hydrogen (secondary N) is 1. The largest absolute Gasteiger partial charge is 0.507 e. The topological polar surface area (TPSA) is 184 Å². The maximum atomic E-state index is 13.7. The second kappa shape index (κ2) is 8.26. The van der Waals surface area contributed by atoms with E-state index in [2.05, 4.69) is 5.32 Å². The highest BCUT2D eigenvalue weighted by atomic mass is 16.3. The zero-order chi connectivity index (χ0) is 26.0. The minimum Gasteiger partial charge on any atom is -0.507 e. The van der Waals surface area contributed by atoms with Crippen LogP contribution < -0.4 is 16.0 Å². The lowest BCUT2D eigenvalue weighted by Crippen LogP contribution is -2.68. The molecule has 5 atom stereocenters. The number of benzene rings is 1. The molecule has 35 heavy (non-hydrogen) atoms. The molecule has 2 amide bonds. The van der Waals surface area contributed by atoms with Gasteiger partial charge in [-0.2, -0.15) is 0 Å². The van der Waals surface area contributed by atoms with Gasteiger partial charge in [0.25, 0.3) is 0 Å². The summed E-state index contributed by atoms with van der Waals surface area (Å²) < 4.78 is 0. The number of nitrogens with zero attached hydrogens (tertiary/aromatic N) is 1. The first-order valence-electron chi connectivity index (χ1n) is 11.3. The van der Waals surface area contributed by atoms with Crippen LogP contribution in [0.15, 0.2) is 6.07 Å². The summed E-state index contributed by atoms with van der Waals surface area (Å²) in [5, 5.41) is 24.8. The monoisotopic (exact) mass is 485 g/mol. The molecular weight excluding hydrogens is 458 g/mol. The number of amides is 2. The van der Waals surface area contributed by atoms with Gasteiger partial charge in [-0.1, -0.05) is 0 Å². The fourth-order valence-corrected chi connectivity index (χ4v) is 5.82. The summed E-state index contributed by atoms with van der Waals surface area (Å²) in [4.78, 5) is 77.5. The Hall–Kier alpha value is -3.60. The average Bonchev–Trinajstić information content (AvgIpc) is 2.75. The Kier molecular flexibility index (Phi) is 5.79. The van der Waals surface area contributed by atoms with Gasteiger partial charge >= 0.3 is 0 Å². The average molecular weight is 485 g/mol. The summed E-state index contributed by atoms with van der Waals surface area (Å²) >= 11 is 0. The summed E-state index contributed by atoms with van der Waals surface area (Å²) in [5.41, 5.74) is 3.79. The predicted octanol–water partition coefficient (Wildman–Crippen LogP) is -0.971. The highest BCUT2D eigenvalue weighted by molar-refractivity contribution is 6.31. The molecule has 11 heteroatoms. The zero-order valence-electron chi connectivity index (χ0n) is 19.6. The third kappa shape index (κ3) is 3.53. The molecule has 3 aliphatic carbocycles. The first-order chi connectivity index (χ1) is 16.3. The number of hydrogen-bond acceptors (Lipinski definition) is 9. The van der Waals surface area contributed by atoms with Gasteiger partial charge in [0, 0.05) is 51.2 Å². The van der Waals surface area contributed by atoms with Crippen LogP contribution in [-0.2, 0) is 36.9 Å². The number of aromatic hydroxyl groups is 1. The summed E-state index contributed by atoms with van der Waals surface area (Å²) in [6, 6.07) is 1.66. The van der Waals surface area contributed by atoms with E-state index in [1.807, 2.05) is 0 Å². The number of phenols is 1. The fraction of sp³-hybridized carbons (Fsp3) is 0.500. The Morgan fingerprint density at radius 1 is 1.17 bits per heavy atom. The van der Waals surface area contributed by atoms with Crippen molar-refractivity contribution < 1.29 is 39.0 Å². The Labute approximate surface area is 200 Å². The van der Waals surface area contributed by atoms with E-state index in [9.17, 15) is 39.0 Å². The van der Waals surface area contributed by atoms with Crippen molar-refractivity contribution in [3.8, 4) is 5.75 Å². The molecule has 2 unspecified atom stereocenters. The molecule has 0 heterocycles. The molecule has 11 nitrogen and oxygen atoms in total. The van der Waals surface area contributed by atoms with Crippen molar-refractivity contribution in [3.63, 3.8) is 0 Å². The third-order valence-electron chi connectivity index (χ3n) is 7.47. The molecule has 0 aromatic heterocycles. The maximum Gasteiger partial charge on any atom is 0.235 e. The lowest BCUT2D eigenvalue weighted by molar-refractivity contribution is -0.175. The number of fused-ring (bicyclic) bond motifs is 3. The van der Waals surface area contributed by atoms with E-state index in [-0.39, 0.29) is 48.6 Å². The van der Waals surface area contributed by atoms with E-state index in [1.54, 1.807) is 25.1 Å². The number of phenolic OH excluding ortho intramolecular Hbond substituents is 1. The number of aliphatic hydroxyl groups is 1. The lowest BCUT2D eigenvalue weighted by Gasteiger charge is -2.48. The highest BCUT2D eigenvalue weighted by Gasteiger charge is 2.66. The molecule has 186 valence electrons. The van der Waals surface area contributed by atoms with Crippen molar-refractivity contribution in [2.24, 2.45) is 29.4 Å². The van der Waals surface area contributed by atoms with E-state index >= 15 is 0 Å². The molecule has 2 saturated carbocycles. The molecule has 1 aromatic carbocycles. The number of carbonyl (C=O) groups is 6. The van der Waals surface area contributed by atoms with Crippen LogP contribution in [-0.4, -0.2) is 64.9 Å². The molecule has 0 bridgehead atoms. The van der Waals surface area contributed by atoms with Crippen LogP contribution in [0, 0.1) is 23.7 Å². The molecule has 5 N–H and O–H groups in total. The Morgan fingerprint density at radius 2 is 1.83 bits per heavy atom. The Morgan fingerprint density at radius 3 is 2.40 bits per heavy atom. The second-order valence-electron chi connectivity index (χ2n) is 9.80.